The number of nitrogens with zero attached hydrogens (tertiary/aromatic N) is 2. The van der Waals surface area contributed by atoms with Crippen LogP contribution in [-0.2, 0) is 18.3 Å². The molecule has 0 aliphatic carbocycles. The Balaban J connectivity index is 3.15. The second kappa shape index (κ2) is 4.26. The summed E-state index contributed by atoms with van der Waals surface area (Å²) in [6.45, 7) is 4.83. The number of carbonyl (C=O) groups is 1. The molecule has 1 aromatic heterocycles. The molecule has 1 rings (SSSR count). The maximum absolute atomic E-state index is 11.5. The fourth-order valence-corrected chi connectivity index (χ4v) is 1.50. The van der Waals surface area contributed by atoms with Crippen molar-refractivity contribution in [2.24, 2.45) is 7.05 Å². The minimum atomic E-state index is -0.267. The maximum atomic E-state index is 11.5. The molecule has 0 unspecified atom stereocenters. The third-order valence-electron chi connectivity index (χ3n) is 2.31. The summed E-state index contributed by atoms with van der Waals surface area (Å²) in [5.41, 5.74) is 1.59. The normalized spacial score (nSPS) is 10.3. The van der Waals surface area contributed by atoms with Crippen molar-refractivity contribution in [1.82, 2.24) is 4.57 Å². The number of aryl methyl sites for hydroxylation is 2. The minimum absolute atomic E-state index is 0.267. The molecule has 1 heterocycles. The Morgan fingerprint density at radius 2 is 2.29 bits per heavy atom. The van der Waals surface area contributed by atoms with E-state index in [9.17, 15) is 4.79 Å². The third kappa shape index (κ3) is 1.78. The predicted molar refractivity (Wildman–Crippen MR) is 52.0 cm³/mol. The van der Waals surface area contributed by atoms with Gasteiger partial charge in [0.05, 0.1) is 20.7 Å². The van der Waals surface area contributed by atoms with Gasteiger partial charge >= 0.3 is 5.97 Å². The second-order valence-electron chi connectivity index (χ2n) is 3.35. The lowest BCUT2D eigenvalue weighted by Gasteiger charge is -1.98. The first-order valence-corrected chi connectivity index (χ1v) is 4.75. The van der Waals surface area contributed by atoms with Crippen LogP contribution in [0.15, 0.2) is 6.33 Å². The summed E-state index contributed by atoms with van der Waals surface area (Å²) in [7, 11) is 3.33. The molecule has 0 atom stereocenters. The predicted octanol–water partition coefficient (Wildman–Crippen LogP) is 0.818. The third-order valence-corrected chi connectivity index (χ3v) is 2.31. The molecule has 0 aromatic carbocycles. The van der Waals surface area contributed by atoms with Gasteiger partial charge in [0.25, 0.3) is 5.69 Å². The van der Waals surface area contributed by atoms with Crippen molar-refractivity contribution in [3.63, 3.8) is 0 Å². The Hall–Kier alpha value is -1.32. The van der Waals surface area contributed by atoms with Crippen molar-refractivity contribution in [3.05, 3.63) is 17.7 Å². The van der Waals surface area contributed by atoms with Crippen molar-refractivity contribution < 1.29 is 14.1 Å². The highest BCUT2D eigenvalue weighted by Crippen LogP contribution is 2.04. The van der Waals surface area contributed by atoms with Gasteiger partial charge in [-0.25, -0.2) is 13.9 Å². The summed E-state index contributed by atoms with van der Waals surface area (Å²) >= 11 is 0. The van der Waals surface area contributed by atoms with E-state index in [4.69, 9.17) is 4.74 Å². The Morgan fingerprint density at radius 1 is 1.64 bits per heavy atom. The second-order valence-corrected chi connectivity index (χ2v) is 3.35. The minimum Gasteiger partial charge on any atom is -0.463 e. The quantitative estimate of drug-likeness (QED) is 0.531. The molecule has 0 aliphatic rings. The average Bonchev–Trinajstić information content (AvgIpc) is 2.43. The zero-order chi connectivity index (χ0) is 10.7. The van der Waals surface area contributed by atoms with Crippen LogP contribution in [0.4, 0.5) is 0 Å². The first-order chi connectivity index (χ1) is 6.61. The van der Waals surface area contributed by atoms with Crippen LogP contribution in [0.3, 0.4) is 0 Å². The van der Waals surface area contributed by atoms with E-state index in [1.165, 1.54) is 7.11 Å². The van der Waals surface area contributed by atoms with E-state index in [1.807, 2.05) is 29.4 Å². The van der Waals surface area contributed by atoms with Crippen LogP contribution in [0, 0.1) is 6.92 Å². The molecule has 0 N–H and O–H groups in total. The van der Waals surface area contributed by atoms with Gasteiger partial charge in [0.15, 0.2) is 5.69 Å². The largest absolute Gasteiger partial charge is 0.463 e. The molecule has 0 amide bonds. The molecule has 4 heteroatoms. The highest BCUT2D eigenvalue weighted by atomic mass is 16.5. The number of hydrogen-bond acceptors (Lipinski definition) is 2. The van der Waals surface area contributed by atoms with E-state index in [2.05, 4.69) is 6.92 Å². The molecule has 4 nitrogen and oxygen atoms in total. The highest BCUT2D eigenvalue weighted by Gasteiger charge is 2.24. The number of imidazole rings is 1. The number of rotatable bonds is 3. The van der Waals surface area contributed by atoms with Crippen LogP contribution >= 0.6 is 0 Å². The number of carbonyl (C=O) groups excluding carboxylic acids is 1. The molecule has 14 heavy (non-hydrogen) atoms. The fraction of sp³-hybridized carbons (Fsp3) is 0.600. The number of ether oxygens (including phenoxy) is 1. The monoisotopic (exact) mass is 197 g/mol. The Kier molecular flexibility index (Phi) is 3.28. The van der Waals surface area contributed by atoms with Gasteiger partial charge in [-0.05, 0) is 6.42 Å². The molecule has 0 aliphatic heterocycles. The Bertz CT molecular complexity index is 342. The summed E-state index contributed by atoms with van der Waals surface area (Å²) in [6.07, 6.45) is 2.92. The SMILES string of the molecule is CCC[n+]1cn(C)c(C)c1C(=O)OC. The van der Waals surface area contributed by atoms with Gasteiger partial charge in [0.1, 0.15) is 0 Å². The lowest BCUT2D eigenvalue weighted by molar-refractivity contribution is -0.698. The van der Waals surface area contributed by atoms with Crippen LogP contribution in [0.5, 0.6) is 0 Å². The molecular formula is C10H17N2O2+. The summed E-state index contributed by atoms with van der Waals surface area (Å²) < 4.78 is 8.61. The molecule has 0 radical (unpaired) electrons. The van der Waals surface area contributed by atoms with E-state index in [1.54, 1.807) is 0 Å². The van der Waals surface area contributed by atoms with Gasteiger partial charge < -0.3 is 4.74 Å². The highest BCUT2D eigenvalue weighted by molar-refractivity contribution is 5.86. The number of hydrogen-bond donors (Lipinski definition) is 0. The molecule has 0 fully saturated rings. The van der Waals surface area contributed by atoms with Crippen LogP contribution in [0.2, 0.25) is 0 Å². The lowest BCUT2D eigenvalue weighted by atomic mass is 10.3. The Morgan fingerprint density at radius 3 is 2.79 bits per heavy atom. The van der Waals surface area contributed by atoms with Gasteiger partial charge in [0.2, 0.25) is 6.33 Å². The Labute approximate surface area is 84.1 Å². The molecule has 0 saturated heterocycles. The molecule has 0 saturated carbocycles. The van der Waals surface area contributed by atoms with Gasteiger partial charge in [-0.3, -0.25) is 0 Å². The summed E-state index contributed by atoms with van der Waals surface area (Å²) in [5.74, 6) is -0.267. The van der Waals surface area contributed by atoms with Crippen molar-refractivity contribution in [1.29, 1.82) is 0 Å². The number of aromatic nitrogens is 2. The first-order valence-electron chi connectivity index (χ1n) is 4.75. The van der Waals surface area contributed by atoms with Crippen molar-refractivity contribution in [2.45, 2.75) is 26.8 Å². The lowest BCUT2D eigenvalue weighted by Crippen LogP contribution is -2.38. The van der Waals surface area contributed by atoms with E-state index < -0.39 is 0 Å². The van der Waals surface area contributed by atoms with E-state index >= 15 is 0 Å². The van der Waals surface area contributed by atoms with Crippen LogP contribution in [0.1, 0.15) is 29.5 Å². The zero-order valence-electron chi connectivity index (χ0n) is 9.20. The summed E-state index contributed by atoms with van der Waals surface area (Å²) in [6, 6.07) is 0. The molecule has 0 spiro atoms. The van der Waals surface area contributed by atoms with E-state index in [0.717, 1.165) is 18.7 Å². The van der Waals surface area contributed by atoms with Crippen LogP contribution in [-0.4, -0.2) is 17.6 Å². The number of esters is 1. The van der Waals surface area contributed by atoms with Crippen molar-refractivity contribution in [2.75, 3.05) is 7.11 Å². The van der Waals surface area contributed by atoms with Gasteiger partial charge in [-0.2, -0.15) is 0 Å². The van der Waals surface area contributed by atoms with Gasteiger partial charge in [0, 0.05) is 6.92 Å². The van der Waals surface area contributed by atoms with E-state index in [0.29, 0.717) is 5.69 Å². The fourth-order valence-electron chi connectivity index (χ4n) is 1.50. The van der Waals surface area contributed by atoms with Crippen molar-refractivity contribution >= 4 is 5.97 Å². The molecular weight excluding hydrogens is 180 g/mol. The average molecular weight is 197 g/mol. The zero-order valence-corrected chi connectivity index (χ0v) is 9.20. The molecule has 78 valence electrons. The van der Waals surface area contributed by atoms with Crippen LogP contribution in [0.25, 0.3) is 0 Å². The van der Waals surface area contributed by atoms with Crippen LogP contribution < -0.4 is 4.57 Å². The van der Waals surface area contributed by atoms with Crippen molar-refractivity contribution in [3.8, 4) is 0 Å². The van der Waals surface area contributed by atoms with Gasteiger partial charge in [-0.1, -0.05) is 6.92 Å². The first kappa shape index (κ1) is 10.8. The summed E-state index contributed by atoms with van der Waals surface area (Å²) in [4.78, 5) is 11.5. The van der Waals surface area contributed by atoms with Gasteiger partial charge in [-0.15, -0.1) is 0 Å². The molecule has 0 bridgehead atoms. The topological polar surface area (TPSA) is 35.1 Å². The molecule has 1 aromatic rings. The standard InChI is InChI=1S/C10H17N2O2/c1-5-6-12-7-11(3)8(2)9(12)10(13)14-4/h7H,5-6H2,1-4H3/q+1. The smallest absolute Gasteiger partial charge is 0.382 e. The maximum Gasteiger partial charge on any atom is 0.382 e. The van der Waals surface area contributed by atoms with E-state index in [-0.39, 0.29) is 5.97 Å². The summed E-state index contributed by atoms with van der Waals surface area (Å²) in [5, 5.41) is 0. The number of methoxy groups -OCH3 is 1.